The van der Waals surface area contributed by atoms with Crippen molar-refractivity contribution in [2.24, 2.45) is 12.1 Å². The number of rotatable bonds is 6. The van der Waals surface area contributed by atoms with Crippen molar-refractivity contribution >= 4 is 17.6 Å². The van der Waals surface area contributed by atoms with Crippen molar-refractivity contribution in [2.75, 3.05) is 19.7 Å². The van der Waals surface area contributed by atoms with Gasteiger partial charge in [-0.25, -0.2) is 9.40 Å². The van der Waals surface area contributed by atoms with Crippen molar-refractivity contribution in [2.45, 2.75) is 44.7 Å². The number of esters is 1. The third kappa shape index (κ3) is 4.60. The van der Waals surface area contributed by atoms with Crippen molar-refractivity contribution in [1.29, 1.82) is 0 Å². The molecule has 32 heavy (non-hydrogen) atoms. The first-order chi connectivity index (χ1) is 15.5. The van der Waals surface area contributed by atoms with E-state index >= 15 is 0 Å². The second kappa shape index (κ2) is 9.65. The lowest BCUT2D eigenvalue weighted by Gasteiger charge is -2.34. The first-order valence-corrected chi connectivity index (χ1v) is 11.1. The molecule has 2 aliphatic heterocycles. The zero-order valence-corrected chi connectivity index (χ0v) is 18.5. The van der Waals surface area contributed by atoms with Gasteiger partial charge in [-0.15, -0.1) is 0 Å². The normalized spacial score (nSPS) is 21.5. The summed E-state index contributed by atoms with van der Waals surface area (Å²) in [6.45, 7) is 2.89. The molecule has 2 aliphatic rings. The predicted molar refractivity (Wildman–Crippen MR) is 118 cm³/mol. The van der Waals surface area contributed by atoms with Crippen molar-refractivity contribution in [3.63, 3.8) is 0 Å². The van der Waals surface area contributed by atoms with Crippen molar-refractivity contribution < 1.29 is 18.7 Å². The summed E-state index contributed by atoms with van der Waals surface area (Å²) in [5, 5.41) is 6.19. The van der Waals surface area contributed by atoms with Gasteiger partial charge in [0.1, 0.15) is 17.9 Å². The number of hydrogen-bond donors (Lipinski definition) is 0. The lowest BCUT2D eigenvalue weighted by Crippen LogP contribution is -2.49. The number of likely N-dealkylation sites (tertiary alicyclic amines) is 1. The smallest absolute Gasteiger partial charge is 0.323 e. The fraction of sp³-hybridized carbons (Fsp3) is 0.458. The van der Waals surface area contributed by atoms with Crippen molar-refractivity contribution in [3.05, 3.63) is 59.7 Å². The first-order valence-electron chi connectivity index (χ1n) is 11.1. The number of carbonyl (C=O) groups excluding carboxylic acids is 2. The third-order valence-corrected chi connectivity index (χ3v) is 6.18. The SMILES string of the molecule is CCOC(=O)C1CCCCN1CC(=O)N1N=C(c2ccc(F)cc2)CC1c1cccn1C. The Balaban J connectivity index is 1.58. The average molecular weight is 441 g/mol. The predicted octanol–water partition coefficient (Wildman–Crippen LogP) is 3.26. The fourth-order valence-electron chi connectivity index (χ4n) is 4.54. The Morgan fingerprint density at radius 3 is 2.66 bits per heavy atom. The van der Waals surface area contributed by atoms with Crippen LogP contribution in [0.25, 0.3) is 0 Å². The second-order valence-electron chi connectivity index (χ2n) is 8.29. The molecular weight excluding hydrogens is 411 g/mol. The van der Waals surface area contributed by atoms with Crippen molar-refractivity contribution in [1.82, 2.24) is 14.5 Å². The summed E-state index contributed by atoms with van der Waals surface area (Å²) in [5.41, 5.74) is 2.51. The molecule has 1 fully saturated rings. The highest BCUT2D eigenvalue weighted by molar-refractivity contribution is 6.03. The van der Waals surface area contributed by atoms with Crippen LogP contribution in [0.1, 0.15) is 49.9 Å². The average Bonchev–Trinajstić information content (AvgIpc) is 3.41. The Morgan fingerprint density at radius 2 is 1.97 bits per heavy atom. The topological polar surface area (TPSA) is 67.1 Å². The molecular formula is C24H29FN4O3. The molecule has 170 valence electrons. The Labute approximate surface area is 187 Å². The van der Waals surface area contributed by atoms with Gasteiger partial charge in [-0.05, 0) is 56.1 Å². The number of piperidine rings is 1. The molecule has 0 N–H and O–H groups in total. The van der Waals surface area contributed by atoms with E-state index in [0.717, 1.165) is 29.8 Å². The number of amides is 1. The Bertz CT molecular complexity index is 1000. The number of hydrogen-bond acceptors (Lipinski definition) is 5. The van der Waals surface area contributed by atoms with Gasteiger partial charge in [0.05, 0.1) is 18.9 Å². The molecule has 1 aromatic carbocycles. The highest BCUT2D eigenvalue weighted by Gasteiger charge is 2.37. The Hall–Kier alpha value is -3.00. The Kier molecular flexibility index (Phi) is 6.69. The molecule has 2 aromatic rings. The third-order valence-electron chi connectivity index (χ3n) is 6.18. The summed E-state index contributed by atoms with van der Waals surface area (Å²) in [6.07, 6.45) is 5.05. The van der Waals surface area contributed by atoms with E-state index in [4.69, 9.17) is 4.74 Å². The maximum Gasteiger partial charge on any atom is 0.323 e. The molecule has 7 nitrogen and oxygen atoms in total. The van der Waals surface area contributed by atoms with Crippen LogP contribution >= 0.6 is 0 Å². The zero-order valence-electron chi connectivity index (χ0n) is 18.5. The van der Waals surface area contributed by atoms with Crippen LogP contribution in [-0.4, -0.2) is 57.8 Å². The van der Waals surface area contributed by atoms with Gasteiger partial charge < -0.3 is 9.30 Å². The van der Waals surface area contributed by atoms with E-state index in [1.54, 1.807) is 19.1 Å². The molecule has 8 heteroatoms. The zero-order chi connectivity index (χ0) is 22.7. The molecule has 0 aliphatic carbocycles. The summed E-state index contributed by atoms with van der Waals surface area (Å²) in [5.74, 6) is -0.741. The van der Waals surface area contributed by atoms with Gasteiger partial charge in [-0.2, -0.15) is 5.10 Å². The van der Waals surface area contributed by atoms with Gasteiger partial charge in [0.25, 0.3) is 5.91 Å². The van der Waals surface area contributed by atoms with E-state index in [1.807, 2.05) is 34.8 Å². The minimum Gasteiger partial charge on any atom is -0.465 e. The van der Waals surface area contributed by atoms with E-state index in [1.165, 1.54) is 17.1 Å². The van der Waals surface area contributed by atoms with Crippen LogP contribution in [0, 0.1) is 5.82 Å². The Morgan fingerprint density at radius 1 is 1.19 bits per heavy atom. The lowest BCUT2D eigenvalue weighted by atomic mass is 10.0. The second-order valence-corrected chi connectivity index (χ2v) is 8.29. The molecule has 2 atom stereocenters. The van der Waals surface area contributed by atoms with Gasteiger partial charge in [0.15, 0.2) is 0 Å². The molecule has 1 saturated heterocycles. The molecule has 0 saturated carbocycles. The van der Waals surface area contributed by atoms with Crippen LogP contribution in [0.2, 0.25) is 0 Å². The van der Waals surface area contributed by atoms with Crippen LogP contribution in [-0.2, 0) is 21.4 Å². The number of ether oxygens (including phenoxy) is 1. The summed E-state index contributed by atoms with van der Waals surface area (Å²) in [4.78, 5) is 27.8. The van der Waals surface area contributed by atoms with E-state index in [-0.39, 0.29) is 30.3 Å². The van der Waals surface area contributed by atoms with E-state index < -0.39 is 6.04 Å². The number of hydrazone groups is 1. The maximum atomic E-state index is 13.4. The fourth-order valence-corrected chi connectivity index (χ4v) is 4.54. The van der Waals surface area contributed by atoms with E-state index in [9.17, 15) is 14.0 Å². The minimum absolute atomic E-state index is 0.102. The summed E-state index contributed by atoms with van der Waals surface area (Å²) in [7, 11) is 1.94. The van der Waals surface area contributed by atoms with Gasteiger partial charge in [-0.3, -0.25) is 14.5 Å². The molecule has 3 heterocycles. The van der Waals surface area contributed by atoms with Gasteiger partial charge >= 0.3 is 5.97 Å². The number of carbonyl (C=O) groups is 2. The van der Waals surface area contributed by atoms with Crippen LogP contribution in [0.15, 0.2) is 47.7 Å². The van der Waals surface area contributed by atoms with Crippen LogP contribution in [0.5, 0.6) is 0 Å². The van der Waals surface area contributed by atoms with Crippen molar-refractivity contribution in [3.8, 4) is 0 Å². The highest BCUT2D eigenvalue weighted by Crippen LogP contribution is 2.33. The lowest BCUT2D eigenvalue weighted by molar-refractivity contribution is -0.152. The molecule has 0 spiro atoms. The molecule has 0 radical (unpaired) electrons. The number of benzene rings is 1. The number of aryl methyl sites for hydroxylation is 1. The first kappa shape index (κ1) is 22.2. The number of halogens is 1. The van der Waals surface area contributed by atoms with Crippen LogP contribution in [0.4, 0.5) is 4.39 Å². The van der Waals surface area contributed by atoms with Gasteiger partial charge in [0, 0.05) is 25.4 Å². The summed E-state index contributed by atoms with van der Waals surface area (Å²) in [6, 6.07) is 9.44. The summed E-state index contributed by atoms with van der Waals surface area (Å²) >= 11 is 0. The van der Waals surface area contributed by atoms with Crippen LogP contribution in [0.3, 0.4) is 0 Å². The van der Waals surface area contributed by atoms with Gasteiger partial charge in [-0.1, -0.05) is 18.6 Å². The highest BCUT2D eigenvalue weighted by atomic mass is 19.1. The van der Waals surface area contributed by atoms with E-state index in [0.29, 0.717) is 26.0 Å². The monoisotopic (exact) mass is 440 g/mol. The molecule has 2 unspecified atom stereocenters. The van der Waals surface area contributed by atoms with Crippen LogP contribution < -0.4 is 0 Å². The molecule has 1 amide bonds. The standard InChI is InChI=1S/C24H29FN4O3/c1-3-32-24(31)21-7-4-5-14-28(21)16-23(30)29-22(20-8-6-13-27(20)2)15-19(26-29)17-9-11-18(25)12-10-17/h6,8-13,21-22H,3-5,7,14-16H2,1-2H3. The maximum absolute atomic E-state index is 13.4. The quantitative estimate of drug-likeness (QED) is 0.647. The summed E-state index contributed by atoms with van der Waals surface area (Å²) < 4.78 is 20.6. The number of aromatic nitrogens is 1. The largest absolute Gasteiger partial charge is 0.465 e. The molecule has 4 rings (SSSR count). The molecule has 0 bridgehead atoms. The molecule has 1 aromatic heterocycles. The van der Waals surface area contributed by atoms with Gasteiger partial charge in [0.2, 0.25) is 0 Å². The van der Waals surface area contributed by atoms with E-state index in [2.05, 4.69) is 5.10 Å². The minimum atomic E-state index is -0.399. The number of nitrogens with zero attached hydrogens (tertiary/aromatic N) is 4.